The lowest BCUT2D eigenvalue weighted by molar-refractivity contribution is 0.0697. The van der Waals surface area contributed by atoms with E-state index in [2.05, 4.69) is 0 Å². The van der Waals surface area contributed by atoms with Gasteiger partial charge in [0.2, 0.25) is 0 Å². The normalized spacial score (nSPS) is 11.0. The first kappa shape index (κ1) is 19.3. The summed E-state index contributed by atoms with van der Waals surface area (Å²) in [6.07, 6.45) is 1.56. The Morgan fingerprint density at radius 1 is 0.966 bits per heavy atom. The predicted octanol–water partition coefficient (Wildman–Crippen LogP) is 5.21. The number of hydrogen-bond acceptors (Lipinski definition) is 2. The molecule has 0 saturated carbocycles. The second-order valence-electron chi connectivity index (χ2n) is 6.35. The number of halogens is 3. The molecule has 4 aromatic rings. The molecule has 1 N–H and O–H groups in total. The predicted molar refractivity (Wildman–Crippen MR) is 114 cm³/mol. The van der Waals surface area contributed by atoms with Gasteiger partial charge in [0.1, 0.15) is 11.6 Å². The highest BCUT2D eigenvalue weighted by atomic mass is 127. The Morgan fingerprint density at radius 3 is 2.48 bits per heavy atom. The molecule has 0 radical (unpaired) electrons. The van der Waals surface area contributed by atoms with Crippen LogP contribution in [0.25, 0.3) is 27.9 Å². The third-order valence-electron chi connectivity index (χ3n) is 4.59. The highest BCUT2D eigenvalue weighted by molar-refractivity contribution is 14.1. The maximum atomic E-state index is 14.6. The van der Waals surface area contributed by atoms with Gasteiger partial charge in [0.05, 0.1) is 22.3 Å². The van der Waals surface area contributed by atoms with E-state index in [9.17, 15) is 23.5 Å². The average Bonchev–Trinajstić information content (AvgIpc) is 2.68. The molecular formula is C22H12F2INO3. The van der Waals surface area contributed by atoms with E-state index < -0.39 is 17.2 Å². The third kappa shape index (κ3) is 3.42. The summed E-state index contributed by atoms with van der Waals surface area (Å²) in [5, 5.41) is 9.24. The largest absolute Gasteiger partial charge is 0.478 e. The Balaban J connectivity index is 2.06. The lowest BCUT2D eigenvalue weighted by Gasteiger charge is -2.14. The zero-order valence-corrected chi connectivity index (χ0v) is 16.9. The second-order valence-corrected chi connectivity index (χ2v) is 7.51. The molecule has 144 valence electrons. The van der Waals surface area contributed by atoms with Crippen molar-refractivity contribution >= 4 is 34.1 Å². The SMILES string of the molecule is O=C(O)c1ccc(F)c(-c2c(=O)ccn3c(-c4ccc(F)cc4I)cccc23)c1. The topological polar surface area (TPSA) is 58.8 Å². The van der Waals surface area contributed by atoms with Crippen molar-refractivity contribution in [1.82, 2.24) is 4.40 Å². The molecule has 0 aliphatic rings. The molecule has 4 nitrogen and oxygen atoms in total. The van der Waals surface area contributed by atoms with E-state index in [1.165, 1.54) is 18.2 Å². The van der Waals surface area contributed by atoms with Crippen LogP contribution < -0.4 is 5.43 Å². The van der Waals surface area contributed by atoms with Crippen molar-refractivity contribution in [3.8, 4) is 22.4 Å². The Kier molecular flexibility index (Phi) is 4.91. The fourth-order valence-corrected chi connectivity index (χ4v) is 4.03. The van der Waals surface area contributed by atoms with Crippen LogP contribution in [0.1, 0.15) is 10.4 Å². The molecule has 0 unspecified atom stereocenters. The summed E-state index contributed by atoms with van der Waals surface area (Å²) in [7, 11) is 0. The monoisotopic (exact) mass is 503 g/mol. The van der Waals surface area contributed by atoms with Gasteiger partial charge >= 0.3 is 5.97 Å². The van der Waals surface area contributed by atoms with Crippen LogP contribution in [-0.4, -0.2) is 15.5 Å². The van der Waals surface area contributed by atoms with Gasteiger partial charge in [-0.25, -0.2) is 13.6 Å². The summed E-state index contributed by atoms with van der Waals surface area (Å²) >= 11 is 2.03. The molecule has 2 aromatic carbocycles. The van der Waals surface area contributed by atoms with Crippen molar-refractivity contribution in [2.75, 3.05) is 0 Å². The van der Waals surface area contributed by atoms with Gasteiger partial charge in [-0.2, -0.15) is 0 Å². The van der Waals surface area contributed by atoms with E-state index in [0.29, 0.717) is 14.8 Å². The number of carboxylic acid groups (broad SMARTS) is 1. The van der Waals surface area contributed by atoms with Gasteiger partial charge in [-0.15, -0.1) is 0 Å². The van der Waals surface area contributed by atoms with Crippen LogP contribution in [0, 0.1) is 15.2 Å². The second kappa shape index (κ2) is 7.40. The standard InChI is InChI=1S/C22H12F2INO3/c23-13-5-6-14(17(25)11-13)18-2-1-3-19-21(20(27)8-9-26(18)19)15-10-12(22(28)29)4-7-16(15)24/h1-11H,(H,28,29). The van der Waals surface area contributed by atoms with Gasteiger partial charge in [-0.3, -0.25) is 4.79 Å². The smallest absolute Gasteiger partial charge is 0.335 e. The van der Waals surface area contributed by atoms with Crippen LogP contribution in [-0.2, 0) is 0 Å². The van der Waals surface area contributed by atoms with E-state index in [-0.39, 0.29) is 22.5 Å². The van der Waals surface area contributed by atoms with E-state index in [1.807, 2.05) is 22.6 Å². The molecule has 4 rings (SSSR count). The van der Waals surface area contributed by atoms with E-state index in [4.69, 9.17) is 0 Å². The van der Waals surface area contributed by atoms with Gasteiger partial charge < -0.3 is 9.51 Å². The molecule has 0 spiro atoms. The molecule has 7 heteroatoms. The van der Waals surface area contributed by atoms with Crippen molar-refractivity contribution < 1.29 is 18.7 Å². The fourth-order valence-electron chi connectivity index (χ4n) is 3.27. The number of benzene rings is 2. The minimum absolute atomic E-state index is 0.0621. The molecule has 0 saturated heterocycles. The molecular weight excluding hydrogens is 491 g/mol. The van der Waals surface area contributed by atoms with Crippen molar-refractivity contribution in [1.29, 1.82) is 0 Å². The highest BCUT2D eigenvalue weighted by Crippen LogP contribution is 2.30. The van der Waals surface area contributed by atoms with Crippen molar-refractivity contribution in [2.45, 2.75) is 0 Å². The zero-order chi connectivity index (χ0) is 20.7. The number of carbonyl (C=O) groups is 1. The molecule has 0 bridgehead atoms. The summed E-state index contributed by atoms with van der Waals surface area (Å²) in [4.78, 5) is 24.0. The van der Waals surface area contributed by atoms with Gasteiger partial charge in [0.25, 0.3) is 0 Å². The number of rotatable bonds is 3. The van der Waals surface area contributed by atoms with Crippen LogP contribution in [0.15, 0.2) is 71.7 Å². The molecule has 0 aliphatic carbocycles. The first-order valence-corrected chi connectivity index (χ1v) is 9.58. The molecule has 0 fully saturated rings. The summed E-state index contributed by atoms with van der Waals surface area (Å²) in [5.41, 5.74) is 1.27. The Morgan fingerprint density at radius 2 is 1.76 bits per heavy atom. The van der Waals surface area contributed by atoms with Crippen LogP contribution in [0.4, 0.5) is 8.78 Å². The number of fused-ring (bicyclic) bond motifs is 1. The molecule has 2 heterocycles. The van der Waals surface area contributed by atoms with Crippen LogP contribution in [0.5, 0.6) is 0 Å². The van der Waals surface area contributed by atoms with Crippen LogP contribution in [0.2, 0.25) is 0 Å². The van der Waals surface area contributed by atoms with E-state index in [0.717, 1.165) is 23.8 Å². The lowest BCUT2D eigenvalue weighted by atomic mass is 10.0. The molecule has 29 heavy (non-hydrogen) atoms. The van der Waals surface area contributed by atoms with Gasteiger partial charge in [0.15, 0.2) is 5.43 Å². The highest BCUT2D eigenvalue weighted by Gasteiger charge is 2.17. The Bertz CT molecular complexity index is 1350. The first-order chi connectivity index (χ1) is 13.9. The van der Waals surface area contributed by atoms with Crippen molar-refractivity contribution in [2.24, 2.45) is 0 Å². The van der Waals surface area contributed by atoms with Crippen molar-refractivity contribution in [3.05, 3.63) is 97.9 Å². The third-order valence-corrected chi connectivity index (χ3v) is 5.49. The number of pyridine rings is 2. The van der Waals surface area contributed by atoms with E-state index >= 15 is 0 Å². The Hall–Kier alpha value is -3.07. The zero-order valence-electron chi connectivity index (χ0n) is 14.7. The number of carboxylic acids is 1. The van der Waals surface area contributed by atoms with Gasteiger partial charge in [-0.05, 0) is 71.1 Å². The maximum absolute atomic E-state index is 14.6. The summed E-state index contributed by atoms with van der Waals surface area (Å²) < 4.78 is 30.5. The van der Waals surface area contributed by atoms with Gasteiger partial charge in [0, 0.05) is 27.0 Å². The average molecular weight is 503 g/mol. The quantitative estimate of drug-likeness (QED) is 0.391. The molecule has 0 aliphatic heterocycles. The van der Waals surface area contributed by atoms with E-state index in [1.54, 1.807) is 34.9 Å². The van der Waals surface area contributed by atoms with Crippen LogP contribution in [0.3, 0.4) is 0 Å². The molecule has 0 amide bonds. The minimum Gasteiger partial charge on any atom is -0.478 e. The number of aromatic carboxylic acids is 1. The number of hydrogen-bond donors (Lipinski definition) is 1. The maximum Gasteiger partial charge on any atom is 0.335 e. The number of nitrogens with zero attached hydrogens (tertiary/aromatic N) is 1. The van der Waals surface area contributed by atoms with Crippen LogP contribution >= 0.6 is 22.6 Å². The first-order valence-electron chi connectivity index (χ1n) is 8.50. The van der Waals surface area contributed by atoms with Crippen molar-refractivity contribution in [3.63, 3.8) is 0 Å². The molecule has 0 atom stereocenters. The lowest BCUT2D eigenvalue weighted by Crippen LogP contribution is -2.10. The number of aromatic nitrogens is 1. The fraction of sp³-hybridized carbons (Fsp3) is 0. The minimum atomic E-state index is -1.21. The summed E-state index contributed by atoms with van der Waals surface area (Å²) in [6.45, 7) is 0. The molecule has 2 aromatic heterocycles. The summed E-state index contributed by atoms with van der Waals surface area (Å²) in [5.74, 6) is -2.27. The Labute approximate surface area is 177 Å². The van der Waals surface area contributed by atoms with Gasteiger partial charge in [-0.1, -0.05) is 6.07 Å². The summed E-state index contributed by atoms with van der Waals surface area (Å²) in [6, 6.07) is 14.2.